The van der Waals surface area contributed by atoms with E-state index in [-0.39, 0.29) is 4.90 Å². The molecule has 1 aliphatic carbocycles. The van der Waals surface area contributed by atoms with E-state index in [4.69, 9.17) is 0 Å². The molecule has 27 heavy (non-hydrogen) atoms. The maximum Gasteiger partial charge on any atom is 0.269 e. The predicted molar refractivity (Wildman–Crippen MR) is 107 cm³/mol. The molecule has 0 amide bonds. The highest BCUT2D eigenvalue weighted by atomic mass is 32.2. The molecule has 3 aromatic rings. The Morgan fingerprint density at radius 1 is 1.04 bits per heavy atom. The molecule has 0 atom stereocenters. The number of hydrogen-bond donors (Lipinski definition) is 0. The van der Waals surface area contributed by atoms with Gasteiger partial charge in [-0.3, -0.25) is 0 Å². The quantitative estimate of drug-likeness (QED) is 0.685. The maximum absolute atomic E-state index is 13.1. The van der Waals surface area contributed by atoms with Crippen molar-refractivity contribution in [3.05, 3.63) is 48.4 Å². The molecule has 0 radical (unpaired) electrons. The number of hydrogen-bond acceptors (Lipinski definition) is 5. The fraction of sp³-hybridized carbons (Fsp3) is 0.400. The van der Waals surface area contributed by atoms with Crippen LogP contribution in [0.2, 0.25) is 0 Å². The molecule has 1 aliphatic rings. The van der Waals surface area contributed by atoms with Gasteiger partial charge in [0.25, 0.3) is 10.0 Å². The number of fused-ring (bicyclic) bond motifs is 1. The smallest absolute Gasteiger partial charge is 0.269 e. The van der Waals surface area contributed by atoms with Gasteiger partial charge in [-0.15, -0.1) is 0 Å². The van der Waals surface area contributed by atoms with Crippen LogP contribution in [0.3, 0.4) is 0 Å². The first-order valence-corrected chi connectivity index (χ1v) is 10.8. The number of anilines is 1. The van der Waals surface area contributed by atoms with Crippen molar-refractivity contribution in [1.82, 2.24) is 13.9 Å². The Kier molecular flexibility index (Phi) is 4.63. The number of aryl methyl sites for hydroxylation is 1. The van der Waals surface area contributed by atoms with Crippen molar-refractivity contribution in [2.45, 2.75) is 50.0 Å². The Morgan fingerprint density at radius 3 is 2.44 bits per heavy atom. The lowest BCUT2D eigenvalue weighted by molar-refractivity contribution is 0.426. The highest BCUT2D eigenvalue weighted by Crippen LogP contribution is 2.30. The van der Waals surface area contributed by atoms with E-state index in [1.807, 2.05) is 14.0 Å². The second-order valence-corrected chi connectivity index (χ2v) is 9.08. The molecule has 142 valence electrons. The minimum Gasteiger partial charge on any atom is -0.356 e. The van der Waals surface area contributed by atoms with Crippen LogP contribution in [-0.4, -0.2) is 35.4 Å². The van der Waals surface area contributed by atoms with Crippen molar-refractivity contribution in [2.24, 2.45) is 0 Å². The summed E-state index contributed by atoms with van der Waals surface area (Å²) in [6.07, 6.45) is 9.06. The van der Waals surface area contributed by atoms with Crippen molar-refractivity contribution in [1.29, 1.82) is 0 Å². The fourth-order valence-electron chi connectivity index (χ4n) is 3.85. The summed E-state index contributed by atoms with van der Waals surface area (Å²) in [6, 6.07) is 9.11. The topological polar surface area (TPSA) is 68.1 Å². The Labute approximate surface area is 159 Å². The zero-order chi connectivity index (χ0) is 19.0. The van der Waals surface area contributed by atoms with Crippen molar-refractivity contribution < 1.29 is 8.42 Å². The van der Waals surface area contributed by atoms with E-state index in [0.29, 0.717) is 11.7 Å². The number of aromatic nitrogens is 3. The van der Waals surface area contributed by atoms with E-state index in [2.05, 4.69) is 14.9 Å². The molecule has 6 nitrogen and oxygen atoms in total. The average molecular weight is 385 g/mol. The minimum atomic E-state index is -3.70. The van der Waals surface area contributed by atoms with Crippen LogP contribution in [-0.2, 0) is 10.0 Å². The van der Waals surface area contributed by atoms with Crippen LogP contribution in [0, 0.1) is 6.92 Å². The second-order valence-electron chi connectivity index (χ2n) is 7.27. The number of benzene rings is 1. The highest BCUT2D eigenvalue weighted by Gasteiger charge is 2.24. The van der Waals surface area contributed by atoms with Gasteiger partial charge in [-0.25, -0.2) is 22.4 Å². The Hall–Kier alpha value is -2.41. The lowest BCUT2D eigenvalue weighted by atomic mass is 9.94. The first-order chi connectivity index (χ1) is 13.0. The summed E-state index contributed by atoms with van der Waals surface area (Å²) < 4.78 is 27.4. The number of nitrogens with zero attached hydrogens (tertiary/aromatic N) is 4. The fourth-order valence-corrected chi connectivity index (χ4v) is 5.16. The first-order valence-electron chi connectivity index (χ1n) is 9.35. The van der Waals surface area contributed by atoms with Gasteiger partial charge < -0.3 is 4.90 Å². The van der Waals surface area contributed by atoms with E-state index in [0.717, 1.165) is 29.6 Å². The monoisotopic (exact) mass is 384 g/mol. The SMILES string of the molecule is Cc1ccc(S(=O)(=O)n2ccc3c(N(C)C4CCCCC4)ncnc32)cc1. The van der Waals surface area contributed by atoms with E-state index in [9.17, 15) is 8.42 Å². The Balaban J connectivity index is 1.77. The van der Waals surface area contributed by atoms with Gasteiger partial charge in [0.05, 0.1) is 10.3 Å². The van der Waals surface area contributed by atoms with Crippen molar-refractivity contribution in [3.8, 4) is 0 Å². The van der Waals surface area contributed by atoms with Crippen molar-refractivity contribution in [2.75, 3.05) is 11.9 Å². The number of rotatable bonds is 4. The molecule has 1 aromatic carbocycles. The van der Waals surface area contributed by atoms with Crippen LogP contribution in [0.25, 0.3) is 11.0 Å². The van der Waals surface area contributed by atoms with Crippen LogP contribution in [0.5, 0.6) is 0 Å². The summed E-state index contributed by atoms with van der Waals surface area (Å²) in [5.74, 6) is 0.796. The van der Waals surface area contributed by atoms with Gasteiger partial charge in [0, 0.05) is 19.3 Å². The van der Waals surface area contributed by atoms with Crippen molar-refractivity contribution >= 4 is 26.9 Å². The van der Waals surface area contributed by atoms with E-state index in [1.165, 1.54) is 29.6 Å². The molecule has 0 N–H and O–H groups in total. The molecule has 0 spiro atoms. The lowest BCUT2D eigenvalue weighted by Crippen LogP contribution is -2.34. The third kappa shape index (κ3) is 3.20. The lowest BCUT2D eigenvalue weighted by Gasteiger charge is -2.32. The predicted octanol–water partition coefficient (Wildman–Crippen LogP) is 3.75. The van der Waals surface area contributed by atoms with Crippen LogP contribution in [0.4, 0.5) is 5.82 Å². The largest absolute Gasteiger partial charge is 0.356 e. The molecule has 0 unspecified atom stereocenters. The standard InChI is InChI=1S/C20H24N4O2S/c1-15-8-10-17(11-9-15)27(25,26)24-13-12-18-19(21-14-22-20(18)24)23(2)16-6-4-3-5-7-16/h8-14,16H,3-7H2,1-2H3. The molecule has 1 saturated carbocycles. The van der Waals surface area contributed by atoms with E-state index in [1.54, 1.807) is 36.5 Å². The van der Waals surface area contributed by atoms with Crippen molar-refractivity contribution in [3.63, 3.8) is 0 Å². The van der Waals surface area contributed by atoms with Crippen LogP contribution in [0.1, 0.15) is 37.7 Å². The van der Waals surface area contributed by atoms with Gasteiger partial charge >= 0.3 is 0 Å². The molecular formula is C20H24N4O2S. The first kappa shape index (κ1) is 18.0. The Morgan fingerprint density at radius 2 is 1.74 bits per heavy atom. The molecule has 0 aliphatic heterocycles. The van der Waals surface area contributed by atoms with E-state index >= 15 is 0 Å². The van der Waals surface area contributed by atoms with Gasteiger partial charge in [0.2, 0.25) is 0 Å². The van der Waals surface area contributed by atoms with Crippen LogP contribution < -0.4 is 4.90 Å². The molecule has 2 aromatic heterocycles. The molecule has 4 rings (SSSR count). The second kappa shape index (κ2) is 6.96. The van der Waals surface area contributed by atoms with Crippen LogP contribution in [0.15, 0.2) is 47.8 Å². The maximum atomic E-state index is 13.1. The summed E-state index contributed by atoms with van der Waals surface area (Å²) in [7, 11) is -1.65. The highest BCUT2D eigenvalue weighted by molar-refractivity contribution is 7.90. The zero-order valence-corrected chi connectivity index (χ0v) is 16.5. The molecule has 0 bridgehead atoms. The summed E-state index contributed by atoms with van der Waals surface area (Å²) in [5.41, 5.74) is 1.44. The third-order valence-electron chi connectivity index (χ3n) is 5.46. The minimum absolute atomic E-state index is 0.256. The summed E-state index contributed by atoms with van der Waals surface area (Å²) in [4.78, 5) is 11.2. The normalized spacial score (nSPS) is 15.9. The van der Waals surface area contributed by atoms with Gasteiger partial charge in [-0.05, 0) is 38.0 Å². The average Bonchev–Trinajstić information content (AvgIpc) is 3.13. The van der Waals surface area contributed by atoms with Gasteiger partial charge in [-0.1, -0.05) is 37.0 Å². The third-order valence-corrected chi connectivity index (χ3v) is 7.14. The summed E-state index contributed by atoms with van der Waals surface area (Å²) >= 11 is 0. The molecular weight excluding hydrogens is 360 g/mol. The summed E-state index contributed by atoms with van der Waals surface area (Å²) in [6.45, 7) is 1.93. The summed E-state index contributed by atoms with van der Waals surface area (Å²) in [5, 5.41) is 0.765. The van der Waals surface area contributed by atoms with E-state index < -0.39 is 10.0 Å². The van der Waals surface area contributed by atoms with Gasteiger partial charge in [0.1, 0.15) is 12.1 Å². The zero-order valence-electron chi connectivity index (χ0n) is 15.7. The molecule has 2 heterocycles. The molecule has 1 fully saturated rings. The van der Waals surface area contributed by atoms with Crippen LogP contribution >= 0.6 is 0 Å². The van der Waals surface area contributed by atoms with Gasteiger partial charge in [-0.2, -0.15) is 0 Å². The Bertz CT molecular complexity index is 1050. The molecule has 0 saturated heterocycles. The van der Waals surface area contributed by atoms with Gasteiger partial charge in [0.15, 0.2) is 5.65 Å². The molecule has 7 heteroatoms.